The van der Waals surface area contributed by atoms with Crippen molar-refractivity contribution in [3.8, 4) is 0 Å². The quantitative estimate of drug-likeness (QED) is 0.734. The van der Waals surface area contributed by atoms with Gasteiger partial charge in [0.1, 0.15) is 5.76 Å². The van der Waals surface area contributed by atoms with Crippen molar-refractivity contribution in [2.24, 2.45) is 0 Å². The molecule has 0 amide bonds. The highest BCUT2D eigenvalue weighted by Crippen LogP contribution is 2.14. The minimum Gasteiger partial charge on any atom is -0.481 e. The standard InChI is InChI=1S/C8H11NO3S/c1-6-7(9-5-12-6)4-13-3-2-8(10)11/h5H,2-4H2,1H3,(H,10,11). The normalized spacial score (nSPS) is 10.2. The fraction of sp³-hybridized carbons (Fsp3) is 0.500. The predicted molar refractivity (Wildman–Crippen MR) is 49.7 cm³/mol. The first-order chi connectivity index (χ1) is 6.20. The maximum atomic E-state index is 10.2. The predicted octanol–water partition coefficient (Wildman–Crippen LogP) is 1.69. The molecule has 72 valence electrons. The number of rotatable bonds is 5. The molecule has 1 aromatic rings. The first-order valence-corrected chi connectivity index (χ1v) is 5.04. The van der Waals surface area contributed by atoms with Gasteiger partial charge in [-0.15, -0.1) is 0 Å². The van der Waals surface area contributed by atoms with E-state index in [1.54, 1.807) is 11.8 Å². The van der Waals surface area contributed by atoms with E-state index in [0.29, 0.717) is 5.75 Å². The van der Waals surface area contributed by atoms with Crippen LogP contribution in [-0.4, -0.2) is 21.8 Å². The molecule has 0 aliphatic carbocycles. The van der Waals surface area contributed by atoms with Gasteiger partial charge in [0.2, 0.25) is 0 Å². The van der Waals surface area contributed by atoms with E-state index < -0.39 is 5.97 Å². The Hall–Kier alpha value is -0.970. The van der Waals surface area contributed by atoms with E-state index in [4.69, 9.17) is 9.52 Å². The number of aryl methyl sites for hydroxylation is 1. The molecule has 0 atom stereocenters. The molecule has 0 aliphatic rings. The van der Waals surface area contributed by atoms with Crippen molar-refractivity contribution in [2.45, 2.75) is 19.1 Å². The minimum atomic E-state index is -0.760. The van der Waals surface area contributed by atoms with E-state index >= 15 is 0 Å². The molecule has 0 bridgehead atoms. The van der Waals surface area contributed by atoms with Crippen molar-refractivity contribution >= 4 is 17.7 Å². The van der Waals surface area contributed by atoms with Gasteiger partial charge in [0.15, 0.2) is 6.39 Å². The maximum Gasteiger partial charge on any atom is 0.304 e. The van der Waals surface area contributed by atoms with Crippen molar-refractivity contribution in [1.29, 1.82) is 0 Å². The van der Waals surface area contributed by atoms with Gasteiger partial charge in [-0.05, 0) is 6.92 Å². The highest BCUT2D eigenvalue weighted by Gasteiger charge is 2.03. The van der Waals surface area contributed by atoms with Crippen LogP contribution in [0.4, 0.5) is 0 Å². The molecule has 0 aliphatic heterocycles. The summed E-state index contributed by atoms with van der Waals surface area (Å²) in [6.45, 7) is 1.85. The van der Waals surface area contributed by atoms with E-state index in [1.165, 1.54) is 6.39 Å². The summed E-state index contributed by atoms with van der Waals surface area (Å²) >= 11 is 1.55. The zero-order chi connectivity index (χ0) is 9.68. The highest BCUT2D eigenvalue weighted by atomic mass is 32.2. The number of aromatic nitrogens is 1. The molecule has 13 heavy (non-hydrogen) atoms. The molecule has 0 saturated heterocycles. The number of carbonyl (C=O) groups is 1. The van der Waals surface area contributed by atoms with Gasteiger partial charge >= 0.3 is 5.97 Å². The number of carboxylic acids is 1. The van der Waals surface area contributed by atoms with Crippen LogP contribution in [0.25, 0.3) is 0 Å². The third kappa shape index (κ3) is 3.50. The molecule has 1 heterocycles. The molecule has 1 rings (SSSR count). The summed E-state index contributed by atoms with van der Waals surface area (Å²) in [4.78, 5) is 14.2. The molecule has 0 unspecified atom stereocenters. The molecule has 4 nitrogen and oxygen atoms in total. The number of hydrogen-bond acceptors (Lipinski definition) is 4. The Morgan fingerprint density at radius 2 is 2.54 bits per heavy atom. The monoisotopic (exact) mass is 201 g/mol. The van der Waals surface area contributed by atoms with Crippen molar-refractivity contribution in [3.05, 3.63) is 17.8 Å². The van der Waals surface area contributed by atoms with Gasteiger partial charge in [0, 0.05) is 11.5 Å². The second-order valence-electron chi connectivity index (χ2n) is 2.55. The van der Waals surface area contributed by atoms with Gasteiger partial charge in [-0.1, -0.05) is 0 Å². The smallest absolute Gasteiger partial charge is 0.304 e. The summed E-state index contributed by atoms with van der Waals surface area (Å²) in [5.41, 5.74) is 0.899. The Bertz CT molecular complexity index is 285. The summed E-state index contributed by atoms with van der Waals surface area (Å²) in [5.74, 6) is 1.38. The summed E-state index contributed by atoms with van der Waals surface area (Å²) in [5, 5.41) is 8.38. The van der Waals surface area contributed by atoms with Crippen LogP contribution in [-0.2, 0) is 10.5 Å². The average Bonchev–Trinajstić information content (AvgIpc) is 2.45. The number of oxazole rings is 1. The number of thioether (sulfide) groups is 1. The third-order valence-electron chi connectivity index (χ3n) is 1.54. The summed E-state index contributed by atoms with van der Waals surface area (Å²) in [6.07, 6.45) is 1.60. The van der Waals surface area contributed by atoms with Crippen molar-refractivity contribution < 1.29 is 14.3 Å². The van der Waals surface area contributed by atoms with Crippen molar-refractivity contribution in [1.82, 2.24) is 4.98 Å². The van der Waals surface area contributed by atoms with Crippen LogP contribution < -0.4 is 0 Å². The summed E-state index contributed by atoms with van der Waals surface area (Å²) in [6, 6.07) is 0. The van der Waals surface area contributed by atoms with Crippen LogP contribution in [0.5, 0.6) is 0 Å². The Morgan fingerprint density at radius 3 is 3.08 bits per heavy atom. The fourth-order valence-corrected chi connectivity index (χ4v) is 1.73. The van der Waals surface area contributed by atoms with Crippen LogP contribution in [0.1, 0.15) is 17.9 Å². The molecule has 1 aromatic heterocycles. The Kier molecular flexibility index (Phi) is 3.82. The molecular weight excluding hydrogens is 190 g/mol. The van der Waals surface area contributed by atoms with Crippen molar-refractivity contribution in [2.75, 3.05) is 5.75 Å². The molecule has 5 heteroatoms. The Balaban J connectivity index is 2.20. The Labute approximate surface area is 80.3 Å². The van der Waals surface area contributed by atoms with Crippen LogP contribution in [0.15, 0.2) is 10.8 Å². The molecule has 0 radical (unpaired) electrons. The van der Waals surface area contributed by atoms with Gasteiger partial charge < -0.3 is 9.52 Å². The van der Waals surface area contributed by atoms with Crippen molar-refractivity contribution in [3.63, 3.8) is 0 Å². The Morgan fingerprint density at radius 1 is 1.77 bits per heavy atom. The minimum absolute atomic E-state index is 0.196. The van der Waals surface area contributed by atoms with E-state index in [1.807, 2.05) is 6.92 Å². The van der Waals surface area contributed by atoms with Crippen LogP contribution >= 0.6 is 11.8 Å². The second-order valence-corrected chi connectivity index (χ2v) is 3.66. The molecule has 0 aromatic carbocycles. The number of aliphatic carboxylic acids is 1. The third-order valence-corrected chi connectivity index (χ3v) is 2.51. The van der Waals surface area contributed by atoms with Crippen LogP contribution in [0, 0.1) is 6.92 Å². The first kappa shape index (κ1) is 10.1. The number of hydrogen-bond donors (Lipinski definition) is 1. The van der Waals surface area contributed by atoms with Crippen LogP contribution in [0.3, 0.4) is 0 Å². The summed E-state index contributed by atoms with van der Waals surface area (Å²) in [7, 11) is 0. The van der Waals surface area contributed by atoms with E-state index in [9.17, 15) is 4.79 Å². The average molecular weight is 201 g/mol. The lowest BCUT2D eigenvalue weighted by molar-refractivity contribution is -0.136. The van der Waals surface area contributed by atoms with Gasteiger partial charge in [-0.3, -0.25) is 4.79 Å². The van der Waals surface area contributed by atoms with Crippen LogP contribution in [0.2, 0.25) is 0 Å². The SMILES string of the molecule is Cc1ocnc1CSCCC(=O)O. The lowest BCUT2D eigenvalue weighted by atomic mass is 10.4. The molecule has 0 spiro atoms. The molecular formula is C8H11NO3S. The molecule has 0 fully saturated rings. The lowest BCUT2D eigenvalue weighted by Gasteiger charge is -1.96. The topological polar surface area (TPSA) is 63.3 Å². The zero-order valence-electron chi connectivity index (χ0n) is 7.32. The molecule has 1 N–H and O–H groups in total. The maximum absolute atomic E-state index is 10.2. The first-order valence-electron chi connectivity index (χ1n) is 3.88. The van der Waals surface area contributed by atoms with Gasteiger partial charge in [-0.25, -0.2) is 4.98 Å². The lowest BCUT2D eigenvalue weighted by Crippen LogP contribution is -1.96. The zero-order valence-corrected chi connectivity index (χ0v) is 8.13. The fourth-order valence-electron chi connectivity index (χ4n) is 0.795. The second kappa shape index (κ2) is 4.91. The highest BCUT2D eigenvalue weighted by molar-refractivity contribution is 7.98. The molecule has 0 saturated carbocycles. The van der Waals surface area contributed by atoms with Gasteiger partial charge in [0.05, 0.1) is 12.1 Å². The largest absolute Gasteiger partial charge is 0.481 e. The number of nitrogens with zero attached hydrogens (tertiary/aromatic N) is 1. The summed E-state index contributed by atoms with van der Waals surface area (Å²) < 4.78 is 5.00. The van der Waals surface area contributed by atoms with Gasteiger partial charge in [-0.2, -0.15) is 11.8 Å². The number of carboxylic acid groups (broad SMARTS) is 1. The van der Waals surface area contributed by atoms with E-state index in [-0.39, 0.29) is 6.42 Å². The van der Waals surface area contributed by atoms with E-state index in [2.05, 4.69) is 4.98 Å². The van der Waals surface area contributed by atoms with E-state index in [0.717, 1.165) is 17.2 Å². The van der Waals surface area contributed by atoms with Gasteiger partial charge in [0.25, 0.3) is 0 Å².